The fraction of sp³-hybridized carbons (Fsp3) is 0.941. The van der Waals surface area contributed by atoms with Crippen LogP contribution in [0.15, 0.2) is 12.2 Å². The van der Waals surface area contributed by atoms with Crippen LogP contribution in [0.1, 0.15) is 239 Å². The van der Waals surface area contributed by atoms with Crippen molar-refractivity contribution < 1.29 is 50.0 Å². The lowest BCUT2D eigenvalue weighted by molar-refractivity contribution is -0.303. The van der Waals surface area contributed by atoms with E-state index < -0.39 is 74.2 Å². The Morgan fingerprint density at radius 3 is 1.39 bits per heavy atom. The summed E-state index contributed by atoms with van der Waals surface area (Å²) in [4.78, 5) is 13.1. The van der Waals surface area contributed by atoms with E-state index in [1.807, 2.05) is 0 Å². The first-order chi connectivity index (χ1) is 30.2. The van der Waals surface area contributed by atoms with Crippen LogP contribution in [0.4, 0.5) is 0 Å². The number of aliphatic hydroxyl groups excluding tert-OH is 7. The van der Waals surface area contributed by atoms with E-state index in [0.29, 0.717) is 12.8 Å². The second-order valence-corrected chi connectivity index (χ2v) is 18.6. The van der Waals surface area contributed by atoms with Gasteiger partial charge in [-0.05, 0) is 38.5 Å². The molecule has 1 amide bonds. The standard InChI is InChI=1S/C51H99NO10/c1-3-5-7-9-11-13-15-17-18-19-20-21-22-23-24-25-27-28-30-32-34-36-38-43(54)46(56)42(41-61-51-49(59)48(58)47(57)45(40-53)62-51)52-50(60)44(55)39-37-35-33-31-29-26-16-14-12-10-8-6-4-2/h30,32,42-49,51,53-59H,3-29,31,33-41H2,1-2H3,(H,52,60)/b32-30+. The number of unbranched alkanes of at least 4 members (excludes halogenated alkanes) is 30. The van der Waals surface area contributed by atoms with E-state index in [9.17, 15) is 40.5 Å². The number of hydrogen-bond donors (Lipinski definition) is 8. The SMILES string of the molecule is CCCCCCCCCCCCCCCCCCC/C=C/CCCC(O)C(O)C(COC1OC(CO)C(O)C(O)C1O)NC(=O)C(O)CCCCCCCCCCCCCCC. The Kier molecular flexibility index (Phi) is 39.2. The van der Waals surface area contributed by atoms with Crippen molar-refractivity contribution in [1.82, 2.24) is 5.32 Å². The molecule has 1 aliphatic rings. The number of rotatable bonds is 44. The van der Waals surface area contributed by atoms with Crippen LogP contribution in [0.5, 0.6) is 0 Å². The number of aliphatic hydroxyl groups is 7. The smallest absolute Gasteiger partial charge is 0.249 e. The molecule has 0 radical (unpaired) electrons. The van der Waals surface area contributed by atoms with Crippen molar-refractivity contribution in [3.63, 3.8) is 0 Å². The van der Waals surface area contributed by atoms with E-state index >= 15 is 0 Å². The number of ether oxygens (including phenoxy) is 2. The number of carbonyl (C=O) groups is 1. The van der Waals surface area contributed by atoms with Crippen molar-refractivity contribution in [1.29, 1.82) is 0 Å². The summed E-state index contributed by atoms with van der Waals surface area (Å²) >= 11 is 0. The van der Waals surface area contributed by atoms with E-state index in [1.165, 1.54) is 161 Å². The highest BCUT2D eigenvalue weighted by Gasteiger charge is 2.44. The van der Waals surface area contributed by atoms with Gasteiger partial charge in [-0.25, -0.2) is 0 Å². The van der Waals surface area contributed by atoms with Gasteiger partial charge in [0.2, 0.25) is 5.91 Å². The molecule has 0 aromatic rings. The lowest BCUT2D eigenvalue weighted by atomic mass is 9.98. The molecule has 11 heteroatoms. The van der Waals surface area contributed by atoms with Gasteiger partial charge in [0.1, 0.15) is 36.6 Å². The molecule has 0 saturated carbocycles. The second-order valence-electron chi connectivity index (χ2n) is 18.6. The Morgan fingerprint density at radius 1 is 0.548 bits per heavy atom. The van der Waals surface area contributed by atoms with Gasteiger partial charge in [0, 0.05) is 0 Å². The molecule has 0 bridgehead atoms. The molecule has 62 heavy (non-hydrogen) atoms. The predicted molar refractivity (Wildman–Crippen MR) is 252 cm³/mol. The average molecular weight is 886 g/mol. The van der Waals surface area contributed by atoms with Crippen LogP contribution in [-0.4, -0.2) is 110 Å². The van der Waals surface area contributed by atoms with Crippen molar-refractivity contribution in [2.24, 2.45) is 0 Å². The van der Waals surface area contributed by atoms with E-state index in [-0.39, 0.29) is 12.8 Å². The zero-order chi connectivity index (χ0) is 45.5. The van der Waals surface area contributed by atoms with Crippen molar-refractivity contribution in [2.45, 2.75) is 294 Å². The molecule has 9 unspecified atom stereocenters. The second kappa shape index (κ2) is 41.3. The number of amides is 1. The number of allylic oxidation sites excluding steroid dienone is 2. The van der Waals surface area contributed by atoms with Gasteiger partial charge in [0.25, 0.3) is 0 Å². The maximum absolute atomic E-state index is 13.1. The molecule has 1 heterocycles. The van der Waals surface area contributed by atoms with Gasteiger partial charge in [-0.1, -0.05) is 212 Å². The van der Waals surface area contributed by atoms with Crippen molar-refractivity contribution in [3.05, 3.63) is 12.2 Å². The van der Waals surface area contributed by atoms with E-state index in [0.717, 1.165) is 38.5 Å². The minimum absolute atomic E-state index is 0.258. The Hall–Kier alpha value is -1.15. The molecule has 8 N–H and O–H groups in total. The molecule has 0 aliphatic carbocycles. The fourth-order valence-corrected chi connectivity index (χ4v) is 8.50. The highest BCUT2D eigenvalue weighted by molar-refractivity contribution is 5.80. The van der Waals surface area contributed by atoms with Crippen molar-refractivity contribution >= 4 is 5.91 Å². The van der Waals surface area contributed by atoms with Gasteiger partial charge in [-0.2, -0.15) is 0 Å². The molecular formula is C51H99NO10. The molecule has 1 saturated heterocycles. The Balaban J connectivity index is 2.37. The quantitative estimate of drug-likeness (QED) is 0.0216. The normalized spacial score (nSPS) is 21.3. The zero-order valence-electron chi connectivity index (χ0n) is 39.9. The molecule has 9 atom stereocenters. The summed E-state index contributed by atoms with van der Waals surface area (Å²) in [7, 11) is 0. The van der Waals surface area contributed by atoms with Crippen molar-refractivity contribution in [2.75, 3.05) is 13.2 Å². The van der Waals surface area contributed by atoms with Crippen LogP contribution >= 0.6 is 0 Å². The van der Waals surface area contributed by atoms with E-state index in [2.05, 4.69) is 31.3 Å². The number of nitrogens with one attached hydrogen (secondary N) is 1. The van der Waals surface area contributed by atoms with Crippen LogP contribution in [-0.2, 0) is 14.3 Å². The van der Waals surface area contributed by atoms with Gasteiger partial charge in [0.05, 0.1) is 25.4 Å². The molecule has 1 fully saturated rings. The third kappa shape index (κ3) is 30.1. The molecular weight excluding hydrogens is 787 g/mol. The summed E-state index contributed by atoms with van der Waals surface area (Å²) in [5.74, 6) is -0.704. The Bertz CT molecular complexity index is 1020. The monoisotopic (exact) mass is 886 g/mol. The third-order valence-corrected chi connectivity index (χ3v) is 12.8. The summed E-state index contributed by atoms with van der Waals surface area (Å²) in [5, 5.41) is 75.8. The van der Waals surface area contributed by atoms with Crippen LogP contribution in [0, 0.1) is 0 Å². The summed E-state index contributed by atoms with van der Waals surface area (Å²) in [6, 6.07) is -1.18. The summed E-state index contributed by atoms with van der Waals surface area (Å²) in [5.41, 5.74) is 0. The third-order valence-electron chi connectivity index (χ3n) is 12.8. The van der Waals surface area contributed by atoms with Gasteiger partial charge in [-0.15, -0.1) is 0 Å². The first-order valence-electron chi connectivity index (χ1n) is 26.1. The first kappa shape index (κ1) is 58.9. The molecule has 1 aliphatic heterocycles. The van der Waals surface area contributed by atoms with E-state index in [1.54, 1.807) is 0 Å². The first-order valence-corrected chi connectivity index (χ1v) is 26.1. The van der Waals surface area contributed by atoms with Gasteiger partial charge >= 0.3 is 0 Å². The fourth-order valence-electron chi connectivity index (χ4n) is 8.50. The summed E-state index contributed by atoms with van der Waals surface area (Å²) in [6.45, 7) is 3.45. The maximum atomic E-state index is 13.1. The minimum atomic E-state index is -1.66. The van der Waals surface area contributed by atoms with Crippen LogP contribution in [0.25, 0.3) is 0 Å². The molecule has 11 nitrogen and oxygen atoms in total. The van der Waals surface area contributed by atoms with Crippen molar-refractivity contribution in [3.8, 4) is 0 Å². The Labute approximate surface area is 379 Å². The van der Waals surface area contributed by atoms with Gasteiger partial charge < -0.3 is 50.5 Å². The minimum Gasteiger partial charge on any atom is -0.394 e. The highest BCUT2D eigenvalue weighted by atomic mass is 16.7. The van der Waals surface area contributed by atoms with Crippen LogP contribution < -0.4 is 5.32 Å². The van der Waals surface area contributed by atoms with Gasteiger partial charge in [0.15, 0.2) is 6.29 Å². The molecule has 0 aromatic heterocycles. The molecule has 0 spiro atoms. The lowest BCUT2D eigenvalue weighted by Gasteiger charge is -2.40. The van der Waals surface area contributed by atoms with Crippen LogP contribution in [0.3, 0.4) is 0 Å². The zero-order valence-corrected chi connectivity index (χ0v) is 39.9. The Morgan fingerprint density at radius 2 is 0.952 bits per heavy atom. The van der Waals surface area contributed by atoms with Gasteiger partial charge in [-0.3, -0.25) is 4.79 Å². The number of carbonyl (C=O) groups excluding carboxylic acids is 1. The summed E-state index contributed by atoms with van der Waals surface area (Å²) in [6.07, 6.45) is 34.1. The highest BCUT2D eigenvalue weighted by Crippen LogP contribution is 2.23. The van der Waals surface area contributed by atoms with Crippen LogP contribution in [0.2, 0.25) is 0 Å². The molecule has 0 aromatic carbocycles. The predicted octanol–water partition coefficient (Wildman–Crippen LogP) is 9.62. The largest absolute Gasteiger partial charge is 0.394 e. The maximum Gasteiger partial charge on any atom is 0.249 e. The lowest BCUT2D eigenvalue weighted by Crippen LogP contribution is -2.60. The van der Waals surface area contributed by atoms with E-state index in [4.69, 9.17) is 9.47 Å². The topological polar surface area (TPSA) is 189 Å². The average Bonchev–Trinajstić information content (AvgIpc) is 3.27. The molecule has 1 rings (SSSR count). The summed E-state index contributed by atoms with van der Waals surface area (Å²) < 4.78 is 11.1. The molecule has 368 valence electrons. The number of hydrogen-bond acceptors (Lipinski definition) is 10.